The van der Waals surface area contributed by atoms with E-state index in [9.17, 15) is 0 Å². The Balaban J connectivity index is 2.13. The Labute approximate surface area is 137 Å². The molecule has 110 valence electrons. The van der Waals surface area contributed by atoms with Crippen LogP contribution in [0, 0.1) is 6.92 Å². The molecule has 0 saturated carbocycles. The molecule has 1 aromatic carbocycles. The third-order valence-corrected chi connectivity index (χ3v) is 5.24. The second-order valence-electron chi connectivity index (χ2n) is 5.80. The van der Waals surface area contributed by atoms with Crippen LogP contribution in [-0.2, 0) is 0 Å². The predicted octanol–water partition coefficient (Wildman–Crippen LogP) is 5.68. The minimum Gasteiger partial charge on any atom is -0.308 e. The zero-order valence-corrected chi connectivity index (χ0v) is 13.5. The van der Waals surface area contributed by atoms with Gasteiger partial charge in [0.2, 0.25) is 0 Å². The van der Waals surface area contributed by atoms with E-state index in [1.807, 2.05) is 12.3 Å². The molecule has 23 heavy (non-hydrogen) atoms. The molecule has 0 fully saturated rings. The molecule has 0 N–H and O–H groups in total. The summed E-state index contributed by atoms with van der Waals surface area (Å²) in [6.07, 6.45) is 1.87. The van der Waals surface area contributed by atoms with Crippen molar-refractivity contribution in [2.75, 3.05) is 0 Å². The lowest BCUT2D eigenvalue weighted by Crippen LogP contribution is -1.93. The number of aromatic nitrogens is 2. The van der Waals surface area contributed by atoms with Gasteiger partial charge in [0.25, 0.3) is 0 Å². The van der Waals surface area contributed by atoms with Gasteiger partial charge >= 0.3 is 0 Å². The summed E-state index contributed by atoms with van der Waals surface area (Å²) in [4.78, 5) is 4.60. The highest BCUT2D eigenvalue weighted by Gasteiger charge is 2.16. The van der Waals surface area contributed by atoms with Crippen molar-refractivity contribution in [2.24, 2.45) is 0 Å². The van der Waals surface area contributed by atoms with Gasteiger partial charge < -0.3 is 4.40 Å². The van der Waals surface area contributed by atoms with E-state index in [1.165, 1.54) is 38.6 Å². The van der Waals surface area contributed by atoms with E-state index in [-0.39, 0.29) is 0 Å². The minimum absolute atomic E-state index is 1.05. The maximum Gasteiger partial charge on any atom is 0.0744 e. The van der Waals surface area contributed by atoms with Gasteiger partial charge in [0, 0.05) is 27.9 Å². The van der Waals surface area contributed by atoms with Crippen LogP contribution >= 0.6 is 11.3 Å². The zero-order chi connectivity index (χ0) is 15.4. The van der Waals surface area contributed by atoms with Gasteiger partial charge in [-0.25, -0.2) is 0 Å². The molecular formula is C20H14N2S. The van der Waals surface area contributed by atoms with Crippen LogP contribution in [0.1, 0.15) is 5.56 Å². The van der Waals surface area contributed by atoms with Crippen LogP contribution in [0.4, 0.5) is 0 Å². The summed E-state index contributed by atoms with van der Waals surface area (Å²) in [5.74, 6) is 0. The second-order valence-corrected chi connectivity index (χ2v) is 6.58. The van der Waals surface area contributed by atoms with Gasteiger partial charge in [-0.1, -0.05) is 18.2 Å². The number of nitrogens with zero attached hydrogens (tertiary/aromatic N) is 2. The summed E-state index contributed by atoms with van der Waals surface area (Å²) < 4.78 is 2.39. The molecule has 5 aromatic rings. The van der Waals surface area contributed by atoms with Crippen LogP contribution in [0.5, 0.6) is 0 Å². The van der Waals surface area contributed by atoms with Crippen molar-refractivity contribution in [3.63, 3.8) is 0 Å². The Morgan fingerprint density at radius 2 is 1.87 bits per heavy atom. The standard InChI is InChI=1S/C20H14N2S/c1-13-15-5-2-3-7-18(15)22-19(14-8-10-23-12-14)11-17-16(20(13)22)6-4-9-21-17/h2-12H,1H3. The number of pyridine rings is 2. The van der Waals surface area contributed by atoms with Crippen LogP contribution in [0.2, 0.25) is 0 Å². The summed E-state index contributed by atoms with van der Waals surface area (Å²) in [6, 6.07) is 17.2. The Hall–Kier alpha value is -2.65. The molecule has 0 spiro atoms. The summed E-state index contributed by atoms with van der Waals surface area (Å²) in [5.41, 5.74) is 7.33. The highest BCUT2D eigenvalue weighted by atomic mass is 32.1. The molecule has 0 aliphatic carbocycles. The van der Waals surface area contributed by atoms with E-state index in [2.05, 4.69) is 69.5 Å². The van der Waals surface area contributed by atoms with Crippen molar-refractivity contribution in [3.8, 4) is 11.3 Å². The number of para-hydroxylation sites is 1. The molecule has 0 aliphatic heterocycles. The molecule has 0 radical (unpaired) electrons. The maximum atomic E-state index is 4.60. The molecule has 5 rings (SSSR count). The van der Waals surface area contributed by atoms with Crippen LogP contribution in [0.3, 0.4) is 0 Å². The molecule has 2 nitrogen and oxygen atoms in total. The summed E-state index contributed by atoms with van der Waals surface area (Å²) >= 11 is 1.73. The molecule has 0 atom stereocenters. The number of hydrogen-bond acceptors (Lipinski definition) is 2. The van der Waals surface area contributed by atoms with Crippen molar-refractivity contribution in [2.45, 2.75) is 6.92 Å². The lowest BCUT2D eigenvalue weighted by Gasteiger charge is -2.10. The van der Waals surface area contributed by atoms with Crippen LogP contribution in [-0.4, -0.2) is 9.38 Å². The van der Waals surface area contributed by atoms with Crippen LogP contribution in [0.25, 0.3) is 38.6 Å². The van der Waals surface area contributed by atoms with Crippen molar-refractivity contribution >= 4 is 38.7 Å². The van der Waals surface area contributed by atoms with Gasteiger partial charge in [-0.3, -0.25) is 4.98 Å². The lowest BCUT2D eigenvalue weighted by molar-refractivity contribution is 1.26. The summed E-state index contributed by atoms with van der Waals surface area (Å²) in [6.45, 7) is 2.21. The molecule has 4 aromatic heterocycles. The average molecular weight is 314 g/mol. The van der Waals surface area contributed by atoms with Crippen LogP contribution < -0.4 is 0 Å². The number of aryl methyl sites for hydroxylation is 1. The van der Waals surface area contributed by atoms with Gasteiger partial charge in [-0.05, 0) is 48.2 Å². The first-order valence-corrected chi connectivity index (χ1v) is 8.59. The van der Waals surface area contributed by atoms with Crippen LogP contribution in [0.15, 0.2) is 65.5 Å². The Bertz CT molecular complexity index is 1170. The quantitative estimate of drug-likeness (QED) is 0.389. The molecule has 4 heterocycles. The highest BCUT2D eigenvalue weighted by molar-refractivity contribution is 7.08. The van der Waals surface area contributed by atoms with E-state index >= 15 is 0 Å². The number of benzene rings is 1. The first-order chi connectivity index (χ1) is 11.3. The Kier molecular flexibility index (Phi) is 2.61. The largest absolute Gasteiger partial charge is 0.308 e. The molecule has 0 amide bonds. The molecule has 0 bridgehead atoms. The number of fused-ring (bicyclic) bond motifs is 5. The third-order valence-electron chi connectivity index (χ3n) is 4.55. The van der Waals surface area contributed by atoms with E-state index in [4.69, 9.17) is 0 Å². The molecule has 0 unspecified atom stereocenters. The van der Waals surface area contributed by atoms with Crippen molar-refractivity contribution in [1.82, 2.24) is 9.38 Å². The number of thiophene rings is 1. The minimum atomic E-state index is 1.05. The predicted molar refractivity (Wildman–Crippen MR) is 98.3 cm³/mol. The highest BCUT2D eigenvalue weighted by Crippen LogP contribution is 2.36. The smallest absolute Gasteiger partial charge is 0.0744 e. The summed E-state index contributed by atoms with van der Waals surface area (Å²) in [7, 11) is 0. The molecular weight excluding hydrogens is 300 g/mol. The topological polar surface area (TPSA) is 17.3 Å². The fourth-order valence-electron chi connectivity index (χ4n) is 3.52. The van der Waals surface area contributed by atoms with Gasteiger partial charge in [0.1, 0.15) is 0 Å². The van der Waals surface area contributed by atoms with Crippen molar-refractivity contribution < 1.29 is 0 Å². The first-order valence-electron chi connectivity index (χ1n) is 7.64. The van der Waals surface area contributed by atoms with Gasteiger partial charge in [0.15, 0.2) is 0 Å². The first kappa shape index (κ1) is 12.9. The van der Waals surface area contributed by atoms with Crippen molar-refractivity contribution in [3.05, 3.63) is 71.1 Å². The van der Waals surface area contributed by atoms with E-state index in [1.54, 1.807) is 11.3 Å². The van der Waals surface area contributed by atoms with Crippen molar-refractivity contribution in [1.29, 1.82) is 0 Å². The van der Waals surface area contributed by atoms with E-state index in [0.29, 0.717) is 0 Å². The molecule has 0 saturated heterocycles. The van der Waals surface area contributed by atoms with Gasteiger partial charge in [0.05, 0.1) is 22.2 Å². The van der Waals surface area contributed by atoms with Gasteiger partial charge in [-0.2, -0.15) is 11.3 Å². The number of hydrogen-bond donors (Lipinski definition) is 0. The second kappa shape index (κ2) is 4.67. The SMILES string of the molecule is Cc1c2ccccc2n2c(-c3ccsc3)cc3ncccc3c12. The Morgan fingerprint density at radius 1 is 1.00 bits per heavy atom. The fourth-order valence-corrected chi connectivity index (χ4v) is 4.17. The van der Waals surface area contributed by atoms with Gasteiger partial charge in [-0.15, -0.1) is 0 Å². The Morgan fingerprint density at radius 3 is 2.74 bits per heavy atom. The fraction of sp³-hybridized carbons (Fsp3) is 0.0500. The maximum absolute atomic E-state index is 4.60. The number of rotatable bonds is 1. The monoisotopic (exact) mass is 314 g/mol. The third kappa shape index (κ3) is 1.71. The zero-order valence-electron chi connectivity index (χ0n) is 12.7. The molecule has 3 heteroatoms. The van der Waals surface area contributed by atoms with E-state index < -0.39 is 0 Å². The van der Waals surface area contributed by atoms with E-state index in [0.717, 1.165) is 5.52 Å². The lowest BCUT2D eigenvalue weighted by atomic mass is 10.1. The average Bonchev–Trinajstić information content (AvgIpc) is 3.22. The summed E-state index contributed by atoms with van der Waals surface area (Å²) in [5, 5.41) is 6.84. The normalized spacial score (nSPS) is 11.7. The molecule has 0 aliphatic rings.